The Morgan fingerprint density at radius 2 is 1.33 bits per heavy atom. The highest BCUT2D eigenvalue weighted by Crippen LogP contribution is 2.12. The molecule has 0 rings (SSSR count). The van der Waals surface area contributed by atoms with E-state index in [-0.39, 0.29) is 12.3 Å². The molecule has 9 nitrogen and oxygen atoms in total. The topological polar surface area (TPSA) is 123 Å². The first kappa shape index (κ1) is 25.0. The molecule has 9 heteroatoms. The largest absolute Gasteiger partial charge is 0.426 e. The standard InChI is InChI=1S/C18H36N4O5/c1-5-7-12-20-17(24)26-14(3)22(16(23)10-9-11-19)15(4)27-18(25)21-13-8-6-2/h14-15H,5-13,19H2,1-4H3,(H,20,24)(H,21,25). The van der Waals surface area contributed by atoms with Crippen LogP contribution >= 0.6 is 0 Å². The van der Waals surface area contributed by atoms with Gasteiger partial charge in [-0.15, -0.1) is 0 Å². The number of hydrogen-bond acceptors (Lipinski definition) is 6. The van der Waals surface area contributed by atoms with Crippen LogP contribution in [0, 0.1) is 0 Å². The summed E-state index contributed by atoms with van der Waals surface area (Å²) >= 11 is 0. The molecule has 0 saturated carbocycles. The number of rotatable bonds is 13. The van der Waals surface area contributed by atoms with Gasteiger partial charge in [-0.3, -0.25) is 9.69 Å². The second-order valence-electron chi connectivity index (χ2n) is 6.26. The average molecular weight is 389 g/mol. The van der Waals surface area contributed by atoms with E-state index in [1.165, 1.54) is 4.90 Å². The summed E-state index contributed by atoms with van der Waals surface area (Å²) in [6.07, 6.45) is 1.19. The van der Waals surface area contributed by atoms with E-state index in [2.05, 4.69) is 10.6 Å². The highest BCUT2D eigenvalue weighted by Gasteiger charge is 2.30. The summed E-state index contributed by atoms with van der Waals surface area (Å²) < 4.78 is 10.5. The summed E-state index contributed by atoms with van der Waals surface area (Å²) in [5.74, 6) is -0.303. The Kier molecular flexibility index (Phi) is 13.9. The maximum absolute atomic E-state index is 12.5. The summed E-state index contributed by atoms with van der Waals surface area (Å²) in [7, 11) is 0. The van der Waals surface area contributed by atoms with E-state index in [4.69, 9.17) is 15.2 Å². The molecule has 0 saturated heterocycles. The summed E-state index contributed by atoms with van der Waals surface area (Å²) in [5.41, 5.74) is 5.47. The number of carbonyl (C=O) groups is 3. The van der Waals surface area contributed by atoms with E-state index in [9.17, 15) is 14.4 Å². The van der Waals surface area contributed by atoms with Gasteiger partial charge in [0.25, 0.3) is 0 Å². The van der Waals surface area contributed by atoms with Gasteiger partial charge in [0.05, 0.1) is 0 Å². The van der Waals surface area contributed by atoms with E-state index in [0.717, 1.165) is 25.7 Å². The molecule has 0 aliphatic heterocycles. The minimum Gasteiger partial charge on any atom is -0.426 e. The number of nitrogens with two attached hydrogens (primary N) is 1. The lowest BCUT2D eigenvalue weighted by Gasteiger charge is -2.33. The fourth-order valence-electron chi connectivity index (χ4n) is 2.32. The quantitative estimate of drug-likeness (QED) is 0.329. The van der Waals surface area contributed by atoms with Crippen LogP contribution in [0.1, 0.15) is 66.2 Å². The van der Waals surface area contributed by atoms with Crippen molar-refractivity contribution in [2.45, 2.75) is 78.7 Å². The number of alkyl carbamates (subject to hydrolysis) is 2. The Hall–Kier alpha value is -2.03. The third-order valence-corrected chi connectivity index (χ3v) is 3.82. The maximum atomic E-state index is 12.5. The lowest BCUT2D eigenvalue weighted by Crippen LogP contribution is -2.50. The van der Waals surface area contributed by atoms with Crippen molar-refractivity contribution in [3.8, 4) is 0 Å². The zero-order chi connectivity index (χ0) is 20.7. The van der Waals surface area contributed by atoms with Crippen LogP contribution in [0.15, 0.2) is 0 Å². The molecule has 0 heterocycles. The van der Waals surface area contributed by atoms with Gasteiger partial charge < -0.3 is 25.8 Å². The van der Waals surface area contributed by atoms with Crippen molar-refractivity contribution >= 4 is 18.1 Å². The molecular weight excluding hydrogens is 352 g/mol. The van der Waals surface area contributed by atoms with Crippen LogP contribution in [0.2, 0.25) is 0 Å². The predicted molar refractivity (Wildman–Crippen MR) is 103 cm³/mol. The van der Waals surface area contributed by atoms with Gasteiger partial charge in [0.2, 0.25) is 5.91 Å². The van der Waals surface area contributed by atoms with Crippen molar-refractivity contribution in [3.05, 3.63) is 0 Å². The van der Waals surface area contributed by atoms with Crippen LogP contribution in [0.4, 0.5) is 9.59 Å². The SMILES string of the molecule is CCCCNC(=O)OC(C)N(C(=O)CCCN)C(C)OC(=O)NCCCC. The van der Waals surface area contributed by atoms with Crippen molar-refractivity contribution in [2.24, 2.45) is 5.73 Å². The molecular formula is C18H36N4O5. The molecule has 0 spiro atoms. The fourth-order valence-corrected chi connectivity index (χ4v) is 2.32. The average Bonchev–Trinajstić information content (AvgIpc) is 2.60. The van der Waals surface area contributed by atoms with Crippen LogP contribution in [-0.4, -0.2) is 55.1 Å². The van der Waals surface area contributed by atoms with E-state index < -0.39 is 24.6 Å². The van der Waals surface area contributed by atoms with Crippen molar-refractivity contribution in [1.29, 1.82) is 0 Å². The lowest BCUT2D eigenvalue weighted by atomic mass is 10.2. The van der Waals surface area contributed by atoms with Crippen LogP contribution in [0.3, 0.4) is 0 Å². The first-order valence-corrected chi connectivity index (χ1v) is 9.77. The Morgan fingerprint density at radius 1 is 0.889 bits per heavy atom. The predicted octanol–water partition coefficient (Wildman–Crippen LogP) is 2.30. The van der Waals surface area contributed by atoms with Gasteiger partial charge in [-0.2, -0.15) is 0 Å². The third-order valence-electron chi connectivity index (χ3n) is 3.82. The first-order valence-electron chi connectivity index (χ1n) is 9.77. The normalized spacial score (nSPS) is 12.6. The van der Waals surface area contributed by atoms with Crippen LogP contribution in [0.25, 0.3) is 0 Å². The molecule has 4 N–H and O–H groups in total. The van der Waals surface area contributed by atoms with Crippen LogP contribution in [-0.2, 0) is 14.3 Å². The molecule has 0 radical (unpaired) electrons. The van der Waals surface area contributed by atoms with Gasteiger partial charge in [-0.1, -0.05) is 26.7 Å². The second kappa shape index (κ2) is 15.1. The highest BCUT2D eigenvalue weighted by atomic mass is 16.6. The van der Waals surface area contributed by atoms with E-state index in [1.54, 1.807) is 13.8 Å². The molecule has 0 aliphatic rings. The van der Waals surface area contributed by atoms with Crippen molar-refractivity contribution in [3.63, 3.8) is 0 Å². The van der Waals surface area contributed by atoms with Crippen LogP contribution < -0.4 is 16.4 Å². The Labute approximate surface area is 162 Å². The number of ether oxygens (including phenoxy) is 2. The van der Waals surface area contributed by atoms with Crippen molar-refractivity contribution in [2.75, 3.05) is 19.6 Å². The van der Waals surface area contributed by atoms with Gasteiger partial charge in [0.1, 0.15) is 0 Å². The highest BCUT2D eigenvalue weighted by molar-refractivity contribution is 5.77. The van der Waals surface area contributed by atoms with Gasteiger partial charge in [0.15, 0.2) is 12.5 Å². The summed E-state index contributed by atoms with van der Waals surface area (Å²) in [4.78, 5) is 37.5. The van der Waals surface area contributed by atoms with E-state index in [0.29, 0.717) is 26.1 Å². The number of hydrogen-bond donors (Lipinski definition) is 3. The molecule has 2 atom stereocenters. The van der Waals surface area contributed by atoms with Gasteiger partial charge in [0, 0.05) is 19.5 Å². The molecule has 27 heavy (non-hydrogen) atoms. The smallest absolute Gasteiger partial charge is 0.409 e. The van der Waals surface area contributed by atoms with E-state index >= 15 is 0 Å². The molecule has 0 aromatic heterocycles. The maximum Gasteiger partial charge on any atom is 0.409 e. The number of unbranched alkanes of at least 4 members (excludes halogenated alkanes) is 2. The summed E-state index contributed by atoms with van der Waals surface area (Å²) in [6.45, 7) is 8.50. The molecule has 0 aliphatic carbocycles. The number of carbonyl (C=O) groups excluding carboxylic acids is 3. The fraction of sp³-hybridized carbons (Fsp3) is 0.833. The molecule has 158 valence electrons. The molecule has 0 aromatic rings. The zero-order valence-corrected chi connectivity index (χ0v) is 17.1. The molecule has 2 unspecified atom stereocenters. The first-order chi connectivity index (χ1) is 12.9. The third kappa shape index (κ3) is 11.3. The van der Waals surface area contributed by atoms with Crippen molar-refractivity contribution in [1.82, 2.24) is 15.5 Å². The number of nitrogens with one attached hydrogen (secondary N) is 2. The van der Waals surface area contributed by atoms with Gasteiger partial charge >= 0.3 is 12.2 Å². The molecule has 0 aromatic carbocycles. The summed E-state index contributed by atoms with van der Waals surface area (Å²) in [5, 5.41) is 5.25. The number of amides is 3. The molecule has 3 amide bonds. The van der Waals surface area contributed by atoms with Crippen molar-refractivity contribution < 1.29 is 23.9 Å². The van der Waals surface area contributed by atoms with Gasteiger partial charge in [-0.25, -0.2) is 9.59 Å². The minimum absolute atomic E-state index is 0.173. The molecule has 0 fully saturated rings. The minimum atomic E-state index is -0.893. The van der Waals surface area contributed by atoms with E-state index in [1.807, 2.05) is 13.8 Å². The zero-order valence-electron chi connectivity index (χ0n) is 17.1. The second-order valence-corrected chi connectivity index (χ2v) is 6.26. The van der Waals surface area contributed by atoms with Crippen LogP contribution in [0.5, 0.6) is 0 Å². The Balaban J connectivity index is 4.85. The summed E-state index contributed by atoms with van der Waals surface area (Å²) in [6, 6.07) is 0. The number of nitrogens with zero attached hydrogens (tertiary/aromatic N) is 1. The lowest BCUT2D eigenvalue weighted by molar-refractivity contribution is -0.156. The van der Waals surface area contributed by atoms with Gasteiger partial charge in [-0.05, 0) is 39.7 Å². The monoisotopic (exact) mass is 388 g/mol. The molecule has 0 bridgehead atoms. The Bertz CT molecular complexity index is 417. The Morgan fingerprint density at radius 3 is 1.70 bits per heavy atom.